The highest BCUT2D eigenvalue weighted by atomic mass is 15.3. The fourth-order valence-corrected chi connectivity index (χ4v) is 3.40. The molecule has 0 fully saturated rings. The van der Waals surface area contributed by atoms with E-state index in [0.29, 0.717) is 5.84 Å². The van der Waals surface area contributed by atoms with Crippen molar-refractivity contribution in [2.45, 2.75) is 46.0 Å². The molecule has 0 aromatic rings. The van der Waals surface area contributed by atoms with Gasteiger partial charge in [0.15, 0.2) is 0 Å². The van der Waals surface area contributed by atoms with Gasteiger partial charge in [0.2, 0.25) is 0 Å². The van der Waals surface area contributed by atoms with Crippen molar-refractivity contribution in [3.05, 3.63) is 59.0 Å². The number of amidine groups is 1. The topological polar surface area (TPSA) is 62.8 Å². The lowest BCUT2D eigenvalue weighted by Gasteiger charge is -2.34. The van der Waals surface area contributed by atoms with E-state index in [1.54, 1.807) is 6.21 Å². The Balaban J connectivity index is 1.64. The van der Waals surface area contributed by atoms with E-state index >= 15 is 0 Å². The number of fused-ring (bicyclic) bond motifs is 1. The van der Waals surface area contributed by atoms with Gasteiger partial charge >= 0.3 is 0 Å². The Morgan fingerprint density at radius 3 is 3.00 bits per heavy atom. The third-order valence-electron chi connectivity index (χ3n) is 4.88. The van der Waals surface area contributed by atoms with Crippen molar-refractivity contribution in [3.63, 3.8) is 0 Å². The minimum Gasteiger partial charge on any atom is -0.382 e. The molecular weight excluding hydrogens is 296 g/mol. The summed E-state index contributed by atoms with van der Waals surface area (Å²) in [6, 6.07) is 0. The van der Waals surface area contributed by atoms with Gasteiger partial charge in [-0.1, -0.05) is 25.2 Å². The first-order valence-electron chi connectivity index (χ1n) is 8.68. The first kappa shape index (κ1) is 16.5. The van der Waals surface area contributed by atoms with Gasteiger partial charge in [0, 0.05) is 5.41 Å². The van der Waals surface area contributed by atoms with Crippen LogP contribution in [0.15, 0.2) is 69.1 Å². The van der Waals surface area contributed by atoms with Gasteiger partial charge in [0.1, 0.15) is 5.84 Å². The number of rotatable bonds is 4. The van der Waals surface area contributed by atoms with Crippen molar-refractivity contribution < 1.29 is 0 Å². The van der Waals surface area contributed by atoms with Crippen LogP contribution >= 0.6 is 0 Å². The summed E-state index contributed by atoms with van der Waals surface area (Å²) in [6.45, 7) is 4.38. The van der Waals surface area contributed by atoms with Gasteiger partial charge < -0.3 is 5.73 Å². The van der Waals surface area contributed by atoms with E-state index in [4.69, 9.17) is 5.73 Å². The van der Waals surface area contributed by atoms with Gasteiger partial charge in [-0.05, 0) is 68.4 Å². The first-order chi connectivity index (χ1) is 11.6. The molecule has 3 rings (SSSR count). The number of allylic oxidation sites excluding steroid dienone is 8. The smallest absolute Gasteiger partial charge is 0.144 e. The van der Waals surface area contributed by atoms with E-state index in [-0.39, 0.29) is 5.41 Å². The third-order valence-corrected chi connectivity index (χ3v) is 4.88. The van der Waals surface area contributed by atoms with Crippen molar-refractivity contribution in [2.75, 3.05) is 0 Å². The molecule has 3 aliphatic rings. The maximum absolute atomic E-state index is 5.96. The van der Waals surface area contributed by atoms with E-state index in [9.17, 15) is 0 Å². The van der Waals surface area contributed by atoms with Crippen molar-refractivity contribution in [2.24, 2.45) is 21.2 Å². The maximum Gasteiger partial charge on any atom is 0.144 e. The lowest BCUT2D eigenvalue weighted by atomic mass is 9.71. The first-order valence-corrected chi connectivity index (χ1v) is 8.68. The minimum atomic E-state index is 0.124. The number of nitrogens with two attached hydrogens (primary N) is 1. The van der Waals surface area contributed by atoms with E-state index in [2.05, 4.69) is 59.7 Å². The van der Waals surface area contributed by atoms with E-state index < -0.39 is 0 Å². The van der Waals surface area contributed by atoms with Crippen molar-refractivity contribution in [1.29, 1.82) is 0 Å². The summed E-state index contributed by atoms with van der Waals surface area (Å²) in [4.78, 5) is 4.43. The predicted molar refractivity (Wildman–Crippen MR) is 102 cm³/mol. The highest BCUT2D eigenvalue weighted by molar-refractivity contribution is 6.28. The van der Waals surface area contributed by atoms with Crippen LogP contribution < -0.4 is 11.2 Å². The molecule has 0 radical (unpaired) electrons. The van der Waals surface area contributed by atoms with Crippen molar-refractivity contribution in [1.82, 2.24) is 5.43 Å². The predicted octanol–water partition coefficient (Wildman–Crippen LogP) is 4.11. The number of hydrazone groups is 1. The molecule has 0 aromatic carbocycles. The molecule has 0 heterocycles. The van der Waals surface area contributed by atoms with Gasteiger partial charge in [-0.2, -0.15) is 5.10 Å². The normalized spacial score (nSPS) is 27.2. The van der Waals surface area contributed by atoms with Gasteiger partial charge in [-0.15, -0.1) is 0 Å². The van der Waals surface area contributed by atoms with Crippen LogP contribution in [0.1, 0.15) is 46.0 Å². The third kappa shape index (κ3) is 3.75. The summed E-state index contributed by atoms with van der Waals surface area (Å²) in [5, 5.41) is 4.24. The van der Waals surface area contributed by atoms with Crippen LogP contribution in [0.3, 0.4) is 0 Å². The fourth-order valence-electron chi connectivity index (χ4n) is 3.40. The lowest BCUT2D eigenvalue weighted by molar-refractivity contribution is 0.432. The largest absolute Gasteiger partial charge is 0.382 e. The van der Waals surface area contributed by atoms with Crippen molar-refractivity contribution >= 4 is 12.1 Å². The molecule has 1 unspecified atom stereocenters. The second kappa shape index (κ2) is 7.04. The maximum atomic E-state index is 5.96. The van der Waals surface area contributed by atoms with Crippen LogP contribution in [-0.2, 0) is 0 Å². The molecule has 3 aliphatic carbocycles. The molecular formula is C20H26N4. The SMILES string of the molecule is CC1=C(N=C(N)/C=N/NC2=CC3(C)CCCC=C3C=C2)C=CCC1. The van der Waals surface area contributed by atoms with Crippen LogP contribution in [-0.4, -0.2) is 12.1 Å². The quantitative estimate of drug-likeness (QED) is 0.465. The Labute approximate surface area is 144 Å². The number of hydrogen-bond donors (Lipinski definition) is 2. The van der Waals surface area contributed by atoms with Crippen LogP contribution in [0, 0.1) is 5.41 Å². The Hall–Kier alpha value is -2.36. The number of nitrogens with one attached hydrogen (secondary N) is 1. The zero-order chi connectivity index (χ0) is 17.0. The average molecular weight is 322 g/mol. The standard InChI is InChI=1S/C20H26N4/c1-15-7-3-4-9-18(15)23-19(21)14-22-24-17-11-10-16-8-5-6-12-20(16,2)13-17/h4,8-11,13-14,24H,3,5-7,12H2,1-2H3,(H2,21,23)/b22-14+. The Bertz CT molecular complexity index is 716. The number of aliphatic imine (C=N–C) groups is 1. The molecule has 0 spiro atoms. The molecule has 3 N–H and O–H groups in total. The summed E-state index contributed by atoms with van der Waals surface area (Å²) in [6.07, 6.45) is 20.3. The summed E-state index contributed by atoms with van der Waals surface area (Å²) in [7, 11) is 0. The minimum absolute atomic E-state index is 0.124. The van der Waals surface area contributed by atoms with Gasteiger partial charge in [0.05, 0.1) is 17.6 Å². The molecule has 0 amide bonds. The molecule has 126 valence electrons. The van der Waals surface area contributed by atoms with Crippen molar-refractivity contribution in [3.8, 4) is 0 Å². The molecule has 1 atom stereocenters. The van der Waals surface area contributed by atoms with Crippen LogP contribution in [0.4, 0.5) is 0 Å². The summed E-state index contributed by atoms with van der Waals surface area (Å²) < 4.78 is 0. The van der Waals surface area contributed by atoms with Crippen LogP contribution in [0.2, 0.25) is 0 Å². The summed E-state index contributed by atoms with van der Waals surface area (Å²) in [5.41, 5.74) is 13.8. The highest BCUT2D eigenvalue weighted by Gasteiger charge is 2.29. The molecule has 4 nitrogen and oxygen atoms in total. The average Bonchev–Trinajstić information content (AvgIpc) is 2.56. The van der Waals surface area contributed by atoms with Crippen LogP contribution in [0.25, 0.3) is 0 Å². The van der Waals surface area contributed by atoms with E-state index in [0.717, 1.165) is 24.2 Å². The van der Waals surface area contributed by atoms with E-state index in [1.165, 1.54) is 30.4 Å². The Kier molecular flexibility index (Phi) is 4.84. The molecule has 0 saturated heterocycles. The molecule has 0 saturated carbocycles. The second-order valence-corrected chi connectivity index (χ2v) is 6.92. The molecule has 0 aliphatic heterocycles. The monoisotopic (exact) mass is 322 g/mol. The summed E-state index contributed by atoms with van der Waals surface area (Å²) in [5.74, 6) is 0.410. The zero-order valence-corrected chi connectivity index (χ0v) is 14.5. The van der Waals surface area contributed by atoms with Gasteiger partial charge in [-0.25, -0.2) is 4.99 Å². The summed E-state index contributed by atoms with van der Waals surface area (Å²) >= 11 is 0. The Morgan fingerprint density at radius 1 is 1.29 bits per heavy atom. The zero-order valence-electron chi connectivity index (χ0n) is 14.5. The Morgan fingerprint density at radius 2 is 2.17 bits per heavy atom. The molecule has 0 aromatic heterocycles. The van der Waals surface area contributed by atoms with Gasteiger partial charge in [0.25, 0.3) is 0 Å². The highest BCUT2D eigenvalue weighted by Crippen LogP contribution is 2.42. The van der Waals surface area contributed by atoms with Gasteiger partial charge in [-0.3, -0.25) is 5.43 Å². The fraction of sp³-hybridized carbons (Fsp3) is 0.400. The second-order valence-electron chi connectivity index (χ2n) is 6.92. The number of nitrogens with zero attached hydrogens (tertiary/aromatic N) is 2. The number of hydrogen-bond acceptors (Lipinski definition) is 3. The lowest BCUT2D eigenvalue weighted by Crippen LogP contribution is -2.24. The molecule has 0 bridgehead atoms. The van der Waals surface area contributed by atoms with E-state index in [1.807, 2.05) is 6.08 Å². The molecule has 24 heavy (non-hydrogen) atoms. The molecule has 4 heteroatoms. The van der Waals surface area contributed by atoms with Crippen LogP contribution in [0.5, 0.6) is 0 Å².